The first kappa shape index (κ1) is 23.2. The van der Waals surface area contributed by atoms with Gasteiger partial charge in [-0.2, -0.15) is 0 Å². The summed E-state index contributed by atoms with van der Waals surface area (Å²) in [5.74, 6) is 0.0812. The summed E-state index contributed by atoms with van der Waals surface area (Å²) in [5.41, 5.74) is 10.1. The second-order valence-electron chi connectivity index (χ2n) is 9.10. The van der Waals surface area contributed by atoms with E-state index in [0.29, 0.717) is 18.2 Å². The molecule has 4 rings (SSSR count). The molecule has 0 aromatic heterocycles. The van der Waals surface area contributed by atoms with E-state index in [1.165, 1.54) is 11.1 Å². The molecular weight excluding hydrogens is 408 g/mol. The Balaban J connectivity index is 1.60. The summed E-state index contributed by atoms with van der Waals surface area (Å²) >= 11 is 0. The molecule has 5 heteroatoms. The summed E-state index contributed by atoms with van der Waals surface area (Å²) in [6, 6.07) is 30.9. The van der Waals surface area contributed by atoms with Crippen molar-refractivity contribution in [2.45, 2.75) is 24.7 Å². The lowest BCUT2D eigenvalue weighted by Crippen LogP contribution is -2.60. The summed E-state index contributed by atoms with van der Waals surface area (Å²) in [6.07, 6.45) is 0.762. The number of likely N-dealkylation sites (tertiary alicyclic amines) is 1. The van der Waals surface area contributed by atoms with Gasteiger partial charge in [0.1, 0.15) is 0 Å². The van der Waals surface area contributed by atoms with E-state index >= 15 is 0 Å². The standard InChI is InChI=1S/C28H34N4O/c1-31(2)25-18-24(19-30-28(33)23-16-10-5-11-17-23)27(29)32(20-25)26(21-12-6-3-7-13-21)22-14-8-4-9-15-22/h3-17,24-27H,18-20,29H2,1-2H3,(H,30,33). The van der Waals surface area contributed by atoms with Crippen molar-refractivity contribution in [1.29, 1.82) is 0 Å². The zero-order valence-electron chi connectivity index (χ0n) is 19.5. The molecule has 5 nitrogen and oxygen atoms in total. The number of nitrogens with zero attached hydrogens (tertiary/aromatic N) is 2. The maximum atomic E-state index is 12.7. The van der Waals surface area contributed by atoms with E-state index in [9.17, 15) is 4.79 Å². The van der Waals surface area contributed by atoms with E-state index < -0.39 is 0 Å². The van der Waals surface area contributed by atoms with Crippen molar-refractivity contribution in [1.82, 2.24) is 15.1 Å². The molecule has 3 unspecified atom stereocenters. The number of hydrogen-bond acceptors (Lipinski definition) is 4. The maximum absolute atomic E-state index is 12.7. The fourth-order valence-electron chi connectivity index (χ4n) is 4.82. The lowest BCUT2D eigenvalue weighted by atomic mass is 9.86. The van der Waals surface area contributed by atoms with Gasteiger partial charge in [-0.3, -0.25) is 9.69 Å². The molecule has 0 bridgehead atoms. The third kappa shape index (κ3) is 5.50. The zero-order chi connectivity index (χ0) is 23.2. The average Bonchev–Trinajstić information content (AvgIpc) is 2.86. The first-order valence-corrected chi connectivity index (χ1v) is 11.7. The van der Waals surface area contributed by atoms with Gasteiger partial charge >= 0.3 is 0 Å². The number of rotatable bonds is 7. The smallest absolute Gasteiger partial charge is 0.251 e. The maximum Gasteiger partial charge on any atom is 0.251 e. The highest BCUT2D eigenvalue weighted by Crippen LogP contribution is 2.35. The van der Waals surface area contributed by atoms with Crippen LogP contribution >= 0.6 is 0 Å². The number of nitrogens with one attached hydrogen (secondary N) is 1. The van der Waals surface area contributed by atoms with E-state index in [1.54, 1.807) is 0 Å². The molecule has 0 saturated carbocycles. The van der Waals surface area contributed by atoms with Gasteiger partial charge in [0, 0.05) is 30.6 Å². The number of piperidine rings is 1. The molecule has 1 aliphatic heterocycles. The second-order valence-corrected chi connectivity index (χ2v) is 9.10. The summed E-state index contributed by atoms with van der Waals surface area (Å²) in [5, 5.41) is 3.13. The molecule has 3 atom stereocenters. The van der Waals surface area contributed by atoms with Gasteiger partial charge in [-0.15, -0.1) is 0 Å². The Labute approximate surface area is 197 Å². The van der Waals surface area contributed by atoms with Crippen LogP contribution in [0.3, 0.4) is 0 Å². The van der Waals surface area contributed by atoms with Crippen LogP contribution < -0.4 is 11.1 Å². The van der Waals surface area contributed by atoms with Gasteiger partial charge in [0.15, 0.2) is 0 Å². The van der Waals surface area contributed by atoms with E-state index in [1.807, 2.05) is 42.5 Å². The Morgan fingerprint density at radius 3 is 1.97 bits per heavy atom. The fourth-order valence-corrected chi connectivity index (χ4v) is 4.82. The SMILES string of the molecule is CN(C)C1CC(CNC(=O)c2ccccc2)C(N)N(C(c2ccccc2)c2ccccc2)C1. The average molecular weight is 443 g/mol. The van der Waals surface area contributed by atoms with Crippen LogP contribution in [0.2, 0.25) is 0 Å². The molecule has 33 heavy (non-hydrogen) atoms. The molecule has 1 heterocycles. The van der Waals surface area contributed by atoms with Crippen molar-refractivity contribution in [3.8, 4) is 0 Å². The van der Waals surface area contributed by atoms with Crippen molar-refractivity contribution < 1.29 is 4.79 Å². The van der Waals surface area contributed by atoms with E-state index in [-0.39, 0.29) is 24.0 Å². The van der Waals surface area contributed by atoms with Crippen LogP contribution in [0.1, 0.15) is 33.9 Å². The number of benzene rings is 3. The number of hydrogen-bond donors (Lipinski definition) is 2. The number of nitrogens with two attached hydrogens (primary N) is 1. The topological polar surface area (TPSA) is 61.6 Å². The van der Waals surface area contributed by atoms with Crippen molar-refractivity contribution in [3.05, 3.63) is 108 Å². The Morgan fingerprint density at radius 2 is 1.45 bits per heavy atom. The monoisotopic (exact) mass is 442 g/mol. The Morgan fingerprint density at radius 1 is 0.939 bits per heavy atom. The normalized spacial score (nSPS) is 21.3. The highest BCUT2D eigenvalue weighted by atomic mass is 16.1. The minimum absolute atomic E-state index is 0.0519. The molecule has 0 spiro atoms. The van der Waals surface area contributed by atoms with Crippen LogP contribution in [0, 0.1) is 5.92 Å². The fraction of sp³-hybridized carbons (Fsp3) is 0.321. The summed E-state index contributed by atoms with van der Waals surface area (Å²) in [4.78, 5) is 17.4. The van der Waals surface area contributed by atoms with Crippen molar-refractivity contribution in [2.24, 2.45) is 11.7 Å². The lowest BCUT2D eigenvalue weighted by molar-refractivity contribution is 0.0196. The molecule has 172 valence electrons. The van der Waals surface area contributed by atoms with Gasteiger partial charge in [0.2, 0.25) is 0 Å². The van der Waals surface area contributed by atoms with Gasteiger partial charge in [-0.25, -0.2) is 0 Å². The molecule has 3 aromatic rings. The van der Waals surface area contributed by atoms with E-state index in [4.69, 9.17) is 5.73 Å². The highest BCUT2D eigenvalue weighted by Gasteiger charge is 2.39. The Bertz CT molecular complexity index is 970. The van der Waals surface area contributed by atoms with Crippen LogP contribution in [0.5, 0.6) is 0 Å². The molecule has 1 amide bonds. The first-order valence-electron chi connectivity index (χ1n) is 11.7. The summed E-state index contributed by atoms with van der Waals surface area (Å²) in [7, 11) is 4.25. The number of carbonyl (C=O) groups excluding carboxylic acids is 1. The number of likely N-dealkylation sites (N-methyl/N-ethyl adjacent to an activating group) is 1. The van der Waals surface area contributed by atoms with Gasteiger partial charge < -0.3 is 16.0 Å². The molecule has 3 N–H and O–H groups in total. The third-order valence-corrected chi connectivity index (χ3v) is 6.72. The van der Waals surface area contributed by atoms with Gasteiger partial charge in [-0.1, -0.05) is 78.9 Å². The first-order chi connectivity index (χ1) is 16.0. The van der Waals surface area contributed by atoms with Gasteiger partial charge in [0.05, 0.1) is 12.2 Å². The minimum atomic E-state index is -0.178. The van der Waals surface area contributed by atoms with Crippen LogP contribution in [0.4, 0.5) is 0 Å². The van der Waals surface area contributed by atoms with Gasteiger partial charge in [-0.05, 0) is 43.8 Å². The van der Waals surface area contributed by atoms with Crippen LogP contribution in [-0.2, 0) is 0 Å². The van der Waals surface area contributed by atoms with Crippen LogP contribution in [0.25, 0.3) is 0 Å². The van der Waals surface area contributed by atoms with E-state index in [0.717, 1.165) is 13.0 Å². The Kier molecular flexibility index (Phi) is 7.55. The van der Waals surface area contributed by atoms with Gasteiger partial charge in [0.25, 0.3) is 5.91 Å². The van der Waals surface area contributed by atoms with Crippen LogP contribution in [-0.4, -0.2) is 55.1 Å². The zero-order valence-corrected chi connectivity index (χ0v) is 19.5. The quantitative estimate of drug-likeness (QED) is 0.585. The van der Waals surface area contributed by atoms with Crippen molar-refractivity contribution >= 4 is 5.91 Å². The predicted molar refractivity (Wildman–Crippen MR) is 134 cm³/mol. The summed E-state index contributed by atoms with van der Waals surface area (Å²) < 4.78 is 0. The molecule has 0 radical (unpaired) electrons. The molecule has 0 aliphatic carbocycles. The third-order valence-electron chi connectivity index (χ3n) is 6.72. The molecule has 1 saturated heterocycles. The predicted octanol–water partition coefficient (Wildman–Crippen LogP) is 3.74. The lowest BCUT2D eigenvalue weighted by Gasteiger charge is -2.48. The van der Waals surface area contributed by atoms with E-state index in [2.05, 4.69) is 77.7 Å². The summed E-state index contributed by atoms with van der Waals surface area (Å²) in [6.45, 7) is 1.41. The second kappa shape index (κ2) is 10.8. The largest absolute Gasteiger partial charge is 0.352 e. The molecule has 1 fully saturated rings. The Hall–Kier alpha value is -2.99. The molecule has 3 aromatic carbocycles. The minimum Gasteiger partial charge on any atom is -0.352 e. The molecular formula is C28H34N4O. The highest BCUT2D eigenvalue weighted by molar-refractivity contribution is 5.94. The van der Waals surface area contributed by atoms with Crippen LogP contribution in [0.15, 0.2) is 91.0 Å². The number of carbonyl (C=O) groups is 1. The molecule has 1 aliphatic rings. The number of amides is 1. The van der Waals surface area contributed by atoms with Crippen molar-refractivity contribution in [2.75, 3.05) is 27.2 Å². The van der Waals surface area contributed by atoms with Crippen molar-refractivity contribution in [3.63, 3.8) is 0 Å².